The maximum atomic E-state index is 12.3. The van der Waals surface area contributed by atoms with Crippen molar-refractivity contribution < 1.29 is 28.5 Å². The number of piperidine rings is 3. The van der Waals surface area contributed by atoms with E-state index in [-0.39, 0.29) is 54.1 Å². The van der Waals surface area contributed by atoms with Crippen LogP contribution < -0.4 is 31.1 Å². The van der Waals surface area contributed by atoms with E-state index in [1.54, 1.807) is 0 Å². The van der Waals surface area contributed by atoms with E-state index in [9.17, 15) is 9.59 Å². The number of alkyl carbamates (subject to hydrolysis) is 2. The molecule has 5 saturated heterocycles. The lowest BCUT2D eigenvalue weighted by Crippen LogP contribution is -2.45. The van der Waals surface area contributed by atoms with Crippen LogP contribution >= 0.6 is 69.3 Å². The lowest BCUT2D eigenvalue weighted by Gasteiger charge is -2.39. The van der Waals surface area contributed by atoms with E-state index >= 15 is 0 Å². The molecule has 24 nitrogen and oxygen atoms in total. The molecule has 2 atom stereocenters. The molecule has 0 bridgehead atoms. The largest absolute Gasteiger partial charge is 0.445 e. The Balaban J connectivity index is 0.000000141. The topological polar surface area (TPSA) is 273 Å². The Labute approximate surface area is 631 Å². The van der Waals surface area contributed by atoms with Crippen molar-refractivity contribution in [1.82, 2.24) is 70.3 Å². The predicted molar refractivity (Wildman–Crippen MR) is 411 cm³/mol. The standard InChI is InChI=1S/C31H35ClN6O3S.C25H31IN6O3.C18H21ClN6S/c1-31(21-34-30(39)41-20-22-9-3-2-4-10-22)14-16-37(17-15-31)25-19-33-27-28(35-25)38(26-13-7-8-18-40-26)36-29(27)42-24-12-6-5-11-23(24)32;1-25(17-28-24(33)35-16-18-7-3-2-4-8-18)10-12-31(13-11-25)19-15-27-21-22(26)30-32(23(21)29-19)20-9-5-6-14-34-20;1-18(11-20)6-8-25(9-7-18)14-10-21-15-16(22-14)23-24-17(15)26-13-5-3-2-4-12(13)19/h2-6,9-12,19,26H,7-8,13-18,20-21H2,1H3,(H,34,39);2-4,7-8,15,20H,5-6,9-14,16-17H2,1H3,(H,28,33);2-5,10H,6-9,11,20H2,1H3,(H,22,23,24). The molecular formula is C74H87Cl2IN18O6S2. The highest BCUT2D eigenvalue weighted by molar-refractivity contribution is 14.1. The molecule has 2 unspecified atom stereocenters. The molecule has 6 aromatic heterocycles. The lowest BCUT2D eigenvalue weighted by atomic mass is 9.80. The molecule has 5 N–H and O–H groups in total. The van der Waals surface area contributed by atoms with Gasteiger partial charge in [0, 0.05) is 75.4 Å². The number of hydrogen-bond acceptors (Lipinski definition) is 21. The maximum Gasteiger partial charge on any atom is 0.407 e. The second-order valence-electron chi connectivity index (χ2n) is 27.9. The number of fused-ring (bicyclic) bond motifs is 3. The second-order valence-corrected chi connectivity index (χ2v) is 31.8. The van der Waals surface area contributed by atoms with Crippen LogP contribution in [0.3, 0.4) is 0 Å². The molecule has 29 heteroatoms. The van der Waals surface area contributed by atoms with E-state index in [0.29, 0.717) is 35.4 Å². The molecule has 5 aliphatic rings. The Morgan fingerprint density at radius 1 is 0.563 bits per heavy atom. The smallest absolute Gasteiger partial charge is 0.407 e. The molecule has 542 valence electrons. The molecule has 10 aromatic rings. The Morgan fingerprint density at radius 2 is 0.990 bits per heavy atom. The third-order valence-corrected chi connectivity index (χ3v) is 23.7. The van der Waals surface area contributed by atoms with Crippen molar-refractivity contribution in [2.45, 2.75) is 143 Å². The number of nitrogens with two attached hydrogens (primary N) is 1. The molecule has 5 fully saturated rings. The maximum absolute atomic E-state index is 12.3. The van der Waals surface area contributed by atoms with E-state index in [1.807, 2.05) is 137 Å². The van der Waals surface area contributed by atoms with Gasteiger partial charge in [-0.25, -0.2) is 48.9 Å². The number of nitrogens with one attached hydrogen (secondary N) is 3. The van der Waals surface area contributed by atoms with Gasteiger partial charge in [0.2, 0.25) is 0 Å². The first-order valence-electron chi connectivity index (χ1n) is 35.4. The fraction of sp³-hybridized carbons (Fsp3) is 0.446. The highest BCUT2D eigenvalue weighted by Gasteiger charge is 2.35. The van der Waals surface area contributed by atoms with Crippen LogP contribution in [0.15, 0.2) is 148 Å². The van der Waals surface area contributed by atoms with Crippen LogP contribution in [0.2, 0.25) is 10.0 Å². The summed E-state index contributed by atoms with van der Waals surface area (Å²) < 4.78 is 27.5. The molecular weight excluding hydrogens is 1500 g/mol. The third-order valence-electron chi connectivity index (χ3n) is 20.0. The minimum atomic E-state index is -0.387. The number of hydrogen-bond donors (Lipinski definition) is 4. The minimum absolute atomic E-state index is 0.00683. The average molecular weight is 1590 g/mol. The number of carbonyl (C=O) groups excluding carboxylic acids is 2. The number of anilines is 3. The van der Waals surface area contributed by atoms with Gasteiger partial charge in [0.05, 0.1) is 28.6 Å². The van der Waals surface area contributed by atoms with Crippen molar-refractivity contribution in [2.24, 2.45) is 22.0 Å². The summed E-state index contributed by atoms with van der Waals surface area (Å²) in [5.74, 6) is 2.57. The Bertz CT molecular complexity index is 4490. The van der Waals surface area contributed by atoms with Gasteiger partial charge in [-0.2, -0.15) is 15.3 Å². The molecule has 103 heavy (non-hydrogen) atoms. The van der Waals surface area contributed by atoms with Gasteiger partial charge in [-0.15, -0.1) is 0 Å². The van der Waals surface area contributed by atoms with Crippen LogP contribution in [-0.2, 0) is 32.2 Å². The third kappa shape index (κ3) is 18.7. The number of ether oxygens (including phenoxy) is 4. The van der Waals surface area contributed by atoms with Gasteiger partial charge in [-0.05, 0) is 158 Å². The summed E-state index contributed by atoms with van der Waals surface area (Å²) in [5, 5.41) is 25.8. The quantitative estimate of drug-likeness (QED) is 0.0581. The summed E-state index contributed by atoms with van der Waals surface area (Å²) >= 11 is 17.9. The summed E-state index contributed by atoms with van der Waals surface area (Å²) in [6, 6.07) is 34.9. The van der Waals surface area contributed by atoms with E-state index in [0.717, 1.165) is 209 Å². The van der Waals surface area contributed by atoms with Crippen LogP contribution in [0, 0.1) is 19.9 Å². The van der Waals surface area contributed by atoms with E-state index in [4.69, 9.17) is 72.9 Å². The van der Waals surface area contributed by atoms with E-state index in [2.05, 4.69) is 94.0 Å². The molecule has 11 heterocycles. The van der Waals surface area contributed by atoms with Crippen LogP contribution in [0.25, 0.3) is 33.5 Å². The van der Waals surface area contributed by atoms with Crippen molar-refractivity contribution >= 4 is 132 Å². The number of amides is 2. The number of H-pyrrole nitrogens is 1. The first kappa shape index (κ1) is 73.7. The minimum Gasteiger partial charge on any atom is -0.445 e. The monoisotopic (exact) mass is 1580 g/mol. The summed E-state index contributed by atoms with van der Waals surface area (Å²) in [5.41, 5.74) is 12.6. The van der Waals surface area contributed by atoms with Crippen LogP contribution in [0.4, 0.5) is 27.0 Å². The van der Waals surface area contributed by atoms with Crippen molar-refractivity contribution in [1.29, 1.82) is 0 Å². The molecule has 5 aliphatic heterocycles. The first-order chi connectivity index (χ1) is 50.1. The Hall–Kier alpha value is -7.64. The second kappa shape index (κ2) is 34.1. The number of carbonyl (C=O) groups is 2. The Kier molecular flexibility index (Phi) is 24.4. The number of benzene rings is 4. The van der Waals surface area contributed by atoms with Gasteiger partial charge < -0.3 is 50.0 Å². The molecule has 0 aliphatic carbocycles. The highest BCUT2D eigenvalue weighted by Crippen LogP contribution is 2.41. The van der Waals surface area contributed by atoms with Crippen molar-refractivity contribution in [3.8, 4) is 0 Å². The molecule has 0 radical (unpaired) electrons. The number of rotatable bonds is 18. The fourth-order valence-corrected chi connectivity index (χ4v) is 16.0. The summed E-state index contributed by atoms with van der Waals surface area (Å²) in [7, 11) is 0. The summed E-state index contributed by atoms with van der Waals surface area (Å²) in [6.07, 6.45) is 16.6. The van der Waals surface area contributed by atoms with Crippen LogP contribution in [-0.4, -0.2) is 144 Å². The van der Waals surface area contributed by atoms with Gasteiger partial charge in [0.1, 0.15) is 47.2 Å². The van der Waals surface area contributed by atoms with Gasteiger partial charge in [-0.1, -0.05) is 152 Å². The zero-order valence-corrected chi connectivity index (χ0v) is 63.5. The zero-order valence-electron chi connectivity index (χ0n) is 58.2. The predicted octanol–water partition coefficient (Wildman–Crippen LogP) is 15.2. The van der Waals surface area contributed by atoms with Gasteiger partial charge in [0.25, 0.3) is 0 Å². The molecule has 0 spiro atoms. The number of aromatic amines is 1. The highest BCUT2D eigenvalue weighted by atomic mass is 127. The first-order valence-corrected chi connectivity index (χ1v) is 38.8. The van der Waals surface area contributed by atoms with E-state index < -0.39 is 0 Å². The van der Waals surface area contributed by atoms with Crippen molar-refractivity contribution in [2.75, 3.05) is 86.8 Å². The molecule has 15 rings (SSSR count). The average Bonchev–Trinajstić information content (AvgIpc) is 1.65. The number of nitrogens with zero attached hydrogens (tertiary/aromatic N) is 14. The SMILES string of the molecule is CC1(CN)CCN(c2cnc3c(Sc4ccccc4Cl)n[nH]c3n2)CC1.CC1(CNC(=O)OCc2ccccc2)CCN(c2cnc3c(I)nn(C4CCCCO4)c3n2)CC1.CC1(CNC(=O)OCc2ccccc2)CCN(c2cnc3c(Sc4ccccc4Cl)nn(C4CCCCO4)c3n2)CC1. The Morgan fingerprint density at radius 3 is 1.47 bits per heavy atom. The summed E-state index contributed by atoms with van der Waals surface area (Å²) in [4.78, 5) is 62.1. The normalized spacial score (nSPS) is 18.7. The lowest BCUT2D eigenvalue weighted by molar-refractivity contribution is -0.0376. The zero-order chi connectivity index (χ0) is 71.3. The van der Waals surface area contributed by atoms with Crippen LogP contribution in [0.5, 0.6) is 0 Å². The number of halogens is 3. The van der Waals surface area contributed by atoms with Gasteiger partial charge in [-0.3, -0.25) is 5.10 Å². The summed E-state index contributed by atoms with van der Waals surface area (Å²) in [6.45, 7) is 15.8. The van der Waals surface area contributed by atoms with Crippen molar-refractivity contribution in [3.63, 3.8) is 0 Å². The molecule has 2 amide bonds. The molecule has 4 aromatic carbocycles. The fourth-order valence-electron chi connectivity index (χ4n) is 13.1. The van der Waals surface area contributed by atoms with Crippen LogP contribution in [0.1, 0.15) is 121 Å². The molecule has 0 saturated carbocycles. The van der Waals surface area contributed by atoms with Crippen molar-refractivity contribution in [3.05, 3.63) is 153 Å². The van der Waals surface area contributed by atoms with E-state index in [1.165, 1.54) is 23.5 Å². The van der Waals surface area contributed by atoms with Gasteiger partial charge in [0.15, 0.2) is 43.1 Å². The van der Waals surface area contributed by atoms with Gasteiger partial charge >= 0.3 is 12.2 Å². The number of aromatic nitrogens is 12.